The van der Waals surface area contributed by atoms with Crippen LogP contribution in [0.1, 0.15) is 126 Å². The highest BCUT2D eigenvalue weighted by Crippen LogP contribution is 2.43. The van der Waals surface area contributed by atoms with Crippen molar-refractivity contribution in [1.29, 1.82) is 0 Å². The largest absolute Gasteiger partial charge is 0.344 e. The standard InChI is InChI=1S/C42H59N7O6/c1-7-12-31(35(50)40(54)45-26(3)27-19-17-25(2)18-20-27)46-39(53)34-30-16-11-15-29(30)24-49(34)41(55)36(42(4,5)6)48-38(52)33(28-13-9-8-10-14-28)47-37(51)32-23-43-21-22-44-32/h17-23,26,28-31,33-34,36H,7-16,24H2,1-6H3,(H,45,54)(H,46,53)(H,47,51)(H,48,52)/t26-,29-,30?,31-,33-,34-,36+/m0/s1. The number of carbonyl (C=O) groups excluding carboxylic acids is 6. The summed E-state index contributed by atoms with van der Waals surface area (Å²) < 4.78 is 0. The molecule has 4 N–H and O–H groups in total. The van der Waals surface area contributed by atoms with E-state index in [4.69, 9.17) is 0 Å². The summed E-state index contributed by atoms with van der Waals surface area (Å²) in [5.41, 5.74) is 1.27. The first-order chi connectivity index (χ1) is 26.2. The molecule has 2 saturated carbocycles. The van der Waals surface area contributed by atoms with Crippen molar-refractivity contribution < 1.29 is 28.8 Å². The van der Waals surface area contributed by atoms with E-state index in [1.165, 1.54) is 18.6 Å². The molecule has 0 radical (unpaired) electrons. The molecule has 1 unspecified atom stereocenters. The molecule has 0 bridgehead atoms. The predicted octanol–water partition coefficient (Wildman–Crippen LogP) is 4.35. The maximum absolute atomic E-state index is 14.7. The maximum Gasteiger partial charge on any atom is 0.290 e. The van der Waals surface area contributed by atoms with Gasteiger partial charge in [-0.1, -0.05) is 89.6 Å². The number of nitrogens with one attached hydrogen (secondary N) is 4. The molecule has 2 aliphatic carbocycles. The molecule has 13 nitrogen and oxygen atoms in total. The molecular weight excluding hydrogens is 699 g/mol. The molecule has 5 amide bonds. The van der Waals surface area contributed by atoms with E-state index in [2.05, 4.69) is 31.2 Å². The Morgan fingerprint density at radius 2 is 1.58 bits per heavy atom. The number of rotatable bonds is 14. The number of carbonyl (C=O) groups is 6. The van der Waals surface area contributed by atoms with Crippen LogP contribution in [0, 0.1) is 30.1 Å². The summed E-state index contributed by atoms with van der Waals surface area (Å²) in [7, 11) is 0. The van der Waals surface area contributed by atoms with Crippen LogP contribution in [0.5, 0.6) is 0 Å². The second-order valence-corrected chi connectivity index (χ2v) is 16.9. The summed E-state index contributed by atoms with van der Waals surface area (Å²) in [6.07, 6.45) is 12.0. The van der Waals surface area contributed by atoms with Crippen molar-refractivity contribution in [3.63, 3.8) is 0 Å². The number of aromatic nitrogens is 2. The van der Waals surface area contributed by atoms with Gasteiger partial charge >= 0.3 is 0 Å². The summed E-state index contributed by atoms with van der Waals surface area (Å²) in [6, 6.07) is 3.42. The van der Waals surface area contributed by atoms with Crippen molar-refractivity contribution in [2.45, 2.75) is 136 Å². The lowest BCUT2D eigenvalue weighted by molar-refractivity contribution is -0.146. The third kappa shape index (κ3) is 10.1. The summed E-state index contributed by atoms with van der Waals surface area (Å²) >= 11 is 0. The van der Waals surface area contributed by atoms with Gasteiger partial charge in [-0.05, 0) is 74.7 Å². The van der Waals surface area contributed by atoms with Gasteiger partial charge in [-0.2, -0.15) is 0 Å². The third-order valence-corrected chi connectivity index (χ3v) is 11.7. The topological polar surface area (TPSA) is 180 Å². The highest BCUT2D eigenvalue weighted by atomic mass is 16.2. The summed E-state index contributed by atoms with van der Waals surface area (Å²) in [5, 5.41) is 11.6. The van der Waals surface area contributed by atoms with E-state index in [1.54, 1.807) is 11.8 Å². The minimum Gasteiger partial charge on any atom is -0.344 e. The fourth-order valence-electron chi connectivity index (χ4n) is 8.59. The minimum atomic E-state index is -1.06. The lowest BCUT2D eigenvalue weighted by Crippen LogP contribution is -2.62. The van der Waals surface area contributed by atoms with Crippen molar-refractivity contribution in [3.8, 4) is 0 Å². The lowest BCUT2D eigenvalue weighted by atomic mass is 9.82. The first kappa shape index (κ1) is 41.5. The summed E-state index contributed by atoms with van der Waals surface area (Å²) in [6.45, 7) is 11.6. The number of ketones is 1. The summed E-state index contributed by atoms with van der Waals surface area (Å²) in [4.78, 5) is 93.0. The van der Waals surface area contributed by atoms with E-state index in [-0.39, 0.29) is 35.8 Å². The van der Waals surface area contributed by atoms with Gasteiger partial charge in [-0.15, -0.1) is 0 Å². The van der Waals surface area contributed by atoms with Crippen LogP contribution >= 0.6 is 0 Å². The van der Waals surface area contributed by atoms with E-state index in [0.717, 1.165) is 62.5 Å². The van der Waals surface area contributed by atoms with Crippen LogP contribution < -0.4 is 21.3 Å². The average molecular weight is 758 g/mol. The molecule has 1 aromatic carbocycles. The molecule has 2 aromatic rings. The van der Waals surface area contributed by atoms with Crippen molar-refractivity contribution in [2.24, 2.45) is 23.2 Å². The number of fused-ring (bicyclic) bond motifs is 1. The Morgan fingerprint density at radius 3 is 2.22 bits per heavy atom. The Labute approximate surface area is 325 Å². The highest BCUT2D eigenvalue weighted by molar-refractivity contribution is 6.38. The fraction of sp³-hybridized carbons (Fsp3) is 0.619. The highest BCUT2D eigenvalue weighted by Gasteiger charge is 2.52. The molecule has 3 aliphatic rings. The van der Waals surface area contributed by atoms with Gasteiger partial charge in [0.05, 0.1) is 18.3 Å². The van der Waals surface area contributed by atoms with Crippen LogP contribution in [-0.4, -0.2) is 80.9 Å². The molecule has 13 heteroatoms. The second-order valence-electron chi connectivity index (χ2n) is 16.9. The maximum atomic E-state index is 14.7. The van der Waals surface area contributed by atoms with E-state index < -0.39 is 65.0 Å². The Balaban J connectivity index is 1.34. The number of hydrogen-bond acceptors (Lipinski definition) is 8. The molecule has 0 spiro atoms. The third-order valence-electron chi connectivity index (χ3n) is 11.7. The van der Waals surface area contributed by atoms with Crippen LogP contribution in [0.2, 0.25) is 0 Å². The van der Waals surface area contributed by atoms with Crippen molar-refractivity contribution in [2.75, 3.05) is 6.54 Å². The summed E-state index contributed by atoms with van der Waals surface area (Å²) in [5.74, 6) is -3.49. The normalized spacial score (nSPS) is 22.1. The first-order valence-corrected chi connectivity index (χ1v) is 20.1. The monoisotopic (exact) mass is 757 g/mol. The predicted molar refractivity (Wildman–Crippen MR) is 207 cm³/mol. The quantitative estimate of drug-likeness (QED) is 0.206. The Kier molecular flexibility index (Phi) is 13.8. The van der Waals surface area contributed by atoms with Crippen LogP contribution in [-0.2, 0) is 24.0 Å². The first-order valence-electron chi connectivity index (χ1n) is 20.1. The van der Waals surface area contributed by atoms with Crippen LogP contribution in [0.4, 0.5) is 0 Å². The number of nitrogens with zero attached hydrogens (tertiary/aromatic N) is 3. The number of amides is 5. The van der Waals surface area contributed by atoms with Gasteiger partial charge in [0, 0.05) is 18.9 Å². The van der Waals surface area contributed by atoms with Crippen molar-refractivity contribution >= 4 is 35.3 Å². The molecule has 55 heavy (non-hydrogen) atoms. The molecule has 5 rings (SSSR count). The molecule has 3 fully saturated rings. The zero-order valence-corrected chi connectivity index (χ0v) is 33.2. The van der Waals surface area contributed by atoms with E-state index >= 15 is 0 Å². The van der Waals surface area contributed by atoms with Crippen LogP contribution in [0.3, 0.4) is 0 Å². The zero-order chi connectivity index (χ0) is 39.9. The zero-order valence-electron chi connectivity index (χ0n) is 33.2. The van der Waals surface area contributed by atoms with Gasteiger partial charge in [-0.25, -0.2) is 4.98 Å². The number of likely N-dealkylation sites (tertiary alicyclic amines) is 1. The van der Waals surface area contributed by atoms with Gasteiger partial charge in [0.15, 0.2) is 0 Å². The lowest BCUT2D eigenvalue weighted by Gasteiger charge is -2.38. The molecule has 2 heterocycles. The van der Waals surface area contributed by atoms with Crippen LogP contribution in [0.25, 0.3) is 0 Å². The van der Waals surface area contributed by atoms with Crippen molar-refractivity contribution in [3.05, 3.63) is 59.7 Å². The van der Waals surface area contributed by atoms with Gasteiger partial charge < -0.3 is 26.2 Å². The minimum absolute atomic E-state index is 0.0927. The molecule has 1 aliphatic heterocycles. The van der Waals surface area contributed by atoms with Crippen molar-refractivity contribution in [1.82, 2.24) is 36.1 Å². The molecule has 7 atom stereocenters. The molecule has 298 valence electrons. The fourth-order valence-corrected chi connectivity index (χ4v) is 8.59. The Bertz CT molecular complexity index is 1690. The smallest absolute Gasteiger partial charge is 0.290 e. The van der Waals surface area contributed by atoms with E-state index in [1.807, 2.05) is 58.9 Å². The molecular formula is C42H59N7O6. The van der Waals surface area contributed by atoms with Gasteiger partial charge in [0.25, 0.3) is 11.8 Å². The van der Waals surface area contributed by atoms with E-state index in [0.29, 0.717) is 13.0 Å². The Hall–Kier alpha value is -4.68. The van der Waals surface area contributed by atoms with E-state index in [9.17, 15) is 28.8 Å². The molecule has 1 aromatic heterocycles. The SMILES string of the molecule is CCC[C@H](NC(=O)[C@@H]1C2CCC[C@H]2CN1C(=O)[C@@H](NC(=O)[C@@H](NC(=O)c1cnccn1)C1CCCCC1)C(C)(C)C)C(=O)C(=O)N[C@@H](C)c1ccc(C)cc1. The number of benzene rings is 1. The van der Waals surface area contributed by atoms with Gasteiger partial charge in [0.1, 0.15) is 23.8 Å². The number of hydrogen-bond donors (Lipinski definition) is 4. The molecule has 1 saturated heterocycles. The van der Waals surface area contributed by atoms with Crippen LogP contribution in [0.15, 0.2) is 42.9 Å². The second kappa shape index (κ2) is 18.3. The number of aryl methyl sites for hydroxylation is 1. The van der Waals surface area contributed by atoms with Gasteiger partial charge in [0.2, 0.25) is 23.5 Å². The average Bonchev–Trinajstić information content (AvgIpc) is 3.77. The Morgan fingerprint density at radius 1 is 0.873 bits per heavy atom. The number of Topliss-reactive ketones (excluding diaryl/α,β-unsaturated/α-hetero) is 1. The van der Waals surface area contributed by atoms with Gasteiger partial charge in [-0.3, -0.25) is 33.8 Å².